The molecular formula is C17H19ClN2O4. The van der Waals surface area contributed by atoms with Crippen LogP contribution in [-0.2, 0) is 14.4 Å². The Morgan fingerprint density at radius 3 is 2.50 bits per heavy atom. The molecule has 1 aromatic carbocycles. The summed E-state index contributed by atoms with van der Waals surface area (Å²) in [6.45, 7) is 1.13. The summed E-state index contributed by atoms with van der Waals surface area (Å²) in [5, 5.41) is 9.74. The highest BCUT2D eigenvalue weighted by Crippen LogP contribution is 2.28. The number of carbonyl (C=O) groups is 3. The molecule has 0 aliphatic carbocycles. The number of carbonyl (C=O) groups excluding carboxylic acids is 2. The van der Waals surface area contributed by atoms with E-state index in [1.807, 2.05) is 0 Å². The second kappa shape index (κ2) is 6.81. The number of rotatable bonds is 3. The molecule has 24 heavy (non-hydrogen) atoms. The van der Waals surface area contributed by atoms with Gasteiger partial charge in [0.15, 0.2) is 0 Å². The van der Waals surface area contributed by atoms with Crippen molar-refractivity contribution in [2.45, 2.75) is 19.3 Å². The van der Waals surface area contributed by atoms with Crippen LogP contribution in [0, 0.1) is 11.8 Å². The fraction of sp³-hybridized carbons (Fsp3) is 0.471. The van der Waals surface area contributed by atoms with Gasteiger partial charge < -0.3 is 14.9 Å². The van der Waals surface area contributed by atoms with E-state index in [4.69, 9.17) is 16.7 Å². The van der Waals surface area contributed by atoms with Crippen molar-refractivity contribution in [3.8, 4) is 0 Å². The Balaban J connectivity index is 1.67. The van der Waals surface area contributed by atoms with Crippen molar-refractivity contribution in [1.82, 2.24) is 4.90 Å². The van der Waals surface area contributed by atoms with Gasteiger partial charge in [-0.3, -0.25) is 14.4 Å². The quantitative estimate of drug-likeness (QED) is 0.904. The third-order valence-electron chi connectivity index (χ3n) is 4.69. The average molecular weight is 351 g/mol. The van der Waals surface area contributed by atoms with E-state index in [1.54, 1.807) is 34.1 Å². The maximum Gasteiger partial charge on any atom is 0.308 e. The zero-order chi connectivity index (χ0) is 17.3. The molecule has 2 amide bonds. The smallest absolute Gasteiger partial charge is 0.308 e. The maximum absolute atomic E-state index is 12.7. The van der Waals surface area contributed by atoms with Gasteiger partial charge in [-0.2, -0.15) is 0 Å². The Labute approximate surface area is 145 Å². The number of hydrogen-bond donors (Lipinski definition) is 1. The van der Waals surface area contributed by atoms with Crippen LogP contribution >= 0.6 is 11.6 Å². The molecule has 2 aliphatic rings. The molecule has 0 radical (unpaired) electrons. The minimum atomic E-state index is -0.863. The molecule has 2 aliphatic heterocycles. The Kier molecular flexibility index (Phi) is 4.76. The van der Waals surface area contributed by atoms with E-state index >= 15 is 0 Å². The number of nitrogens with zero attached hydrogens (tertiary/aromatic N) is 2. The molecule has 2 heterocycles. The second-order valence-corrected chi connectivity index (χ2v) is 6.78. The van der Waals surface area contributed by atoms with E-state index < -0.39 is 17.8 Å². The Bertz CT molecular complexity index is 661. The van der Waals surface area contributed by atoms with Gasteiger partial charge in [0.25, 0.3) is 0 Å². The number of carboxylic acids is 1. The van der Waals surface area contributed by atoms with E-state index in [-0.39, 0.29) is 24.8 Å². The summed E-state index contributed by atoms with van der Waals surface area (Å²) in [6.07, 6.45) is 1.44. The number of benzene rings is 1. The molecule has 2 saturated heterocycles. The predicted octanol–water partition coefficient (Wildman–Crippen LogP) is 2.02. The first kappa shape index (κ1) is 16.8. The van der Waals surface area contributed by atoms with Crippen LogP contribution in [-0.4, -0.2) is 47.4 Å². The maximum atomic E-state index is 12.7. The first-order valence-corrected chi connectivity index (χ1v) is 8.41. The number of anilines is 1. The zero-order valence-electron chi connectivity index (χ0n) is 13.2. The van der Waals surface area contributed by atoms with Crippen LogP contribution in [0.3, 0.4) is 0 Å². The van der Waals surface area contributed by atoms with Crippen LogP contribution in [0.2, 0.25) is 5.02 Å². The lowest BCUT2D eigenvalue weighted by Crippen LogP contribution is -2.45. The summed E-state index contributed by atoms with van der Waals surface area (Å²) in [4.78, 5) is 39.3. The van der Waals surface area contributed by atoms with E-state index in [9.17, 15) is 14.4 Å². The average Bonchev–Trinajstić information content (AvgIpc) is 2.97. The summed E-state index contributed by atoms with van der Waals surface area (Å²) in [7, 11) is 0. The van der Waals surface area contributed by atoms with Gasteiger partial charge in [-0.05, 0) is 37.1 Å². The topological polar surface area (TPSA) is 77.9 Å². The monoisotopic (exact) mass is 350 g/mol. The molecule has 0 bridgehead atoms. The van der Waals surface area contributed by atoms with Crippen molar-refractivity contribution in [3.05, 3.63) is 29.3 Å². The predicted molar refractivity (Wildman–Crippen MR) is 88.9 cm³/mol. The Morgan fingerprint density at radius 2 is 1.83 bits per heavy atom. The van der Waals surface area contributed by atoms with Crippen LogP contribution in [0.15, 0.2) is 24.3 Å². The van der Waals surface area contributed by atoms with Gasteiger partial charge in [0.05, 0.1) is 11.8 Å². The van der Waals surface area contributed by atoms with Gasteiger partial charge in [0.2, 0.25) is 11.8 Å². The molecule has 2 atom stereocenters. The summed E-state index contributed by atoms with van der Waals surface area (Å²) in [6, 6.07) is 6.94. The fourth-order valence-corrected chi connectivity index (χ4v) is 3.51. The number of amides is 2. The van der Waals surface area contributed by atoms with Crippen LogP contribution in [0.25, 0.3) is 0 Å². The zero-order valence-corrected chi connectivity index (χ0v) is 13.9. The standard InChI is InChI=1S/C17H19ClN2O4/c18-13-3-5-14(6-4-13)20-10-12(8-15(20)21)16(22)19-7-1-2-11(9-19)17(23)24/h3-6,11-12H,1-2,7-10H2,(H,23,24)/t11-,12-/m1/s1. The number of halogens is 1. The van der Waals surface area contributed by atoms with E-state index in [0.29, 0.717) is 31.0 Å². The SMILES string of the molecule is O=C(O)[C@@H]1CCCN(C(=O)[C@@H]2CC(=O)N(c3ccc(Cl)cc3)C2)C1. The molecule has 2 fully saturated rings. The number of likely N-dealkylation sites (tertiary alicyclic amines) is 1. The van der Waals surface area contributed by atoms with Crippen molar-refractivity contribution < 1.29 is 19.5 Å². The first-order valence-electron chi connectivity index (χ1n) is 8.03. The number of carboxylic acid groups (broad SMARTS) is 1. The Morgan fingerprint density at radius 1 is 1.12 bits per heavy atom. The number of piperidine rings is 1. The van der Waals surface area contributed by atoms with Crippen molar-refractivity contribution in [2.75, 3.05) is 24.5 Å². The molecular weight excluding hydrogens is 332 g/mol. The molecule has 6 nitrogen and oxygen atoms in total. The molecule has 0 spiro atoms. The van der Waals surface area contributed by atoms with Gasteiger partial charge >= 0.3 is 5.97 Å². The molecule has 128 valence electrons. The van der Waals surface area contributed by atoms with Crippen LogP contribution < -0.4 is 4.90 Å². The van der Waals surface area contributed by atoms with Crippen molar-refractivity contribution in [2.24, 2.45) is 11.8 Å². The molecule has 1 aromatic rings. The summed E-state index contributed by atoms with van der Waals surface area (Å²) in [5.74, 6) is -2.00. The highest BCUT2D eigenvalue weighted by atomic mass is 35.5. The summed E-state index contributed by atoms with van der Waals surface area (Å²) in [5.41, 5.74) is 0.724. The molecule has 3 rings (SSSR count). The van der Waals surface area contributed by atoms with Gasteiger partial charge in [0, 0.05) is 36.8 Å². The minimum absolute atomic E-state index is 0.0949. The van der Waals surface area contributed by atoms with Gasteiger partial charge in [-0.25, -0.2) is 0 Å². The highest BCUT2D eigenvalue weighted by Gasteiger charge is 2.39. The van der Waals surface area contributed by atoms with E-state index in [0.717, 1.165) is 5.69 Å². The normalized spacial score (nSPS) is 24.3. The van der Waals surface area contributed by atoms with Crippen molar-refractivity contribution in [3.63, 3.8) is 0 Å². The Hall–Kier alpha value is -2.08. The van der Waals surface area contributed by atoms with Crippen LogP contribution in [0.5, 0.6) is 0 Å². The first-order chi connectivity index (χ1) is 11.5. The lowest BCUT2D eigenvalue weighted by Gasteiger charge is -2.32. The largest absolute Gasteiger partial charge is 0.481 e. The molecule has 0 saturated carbocycles. The second-order valence-electron chi connectivity index (χ2n) is 6.34. The summed E-state index contributed by atoms with van der Waals surface area (Å²) < 4.78 is 0. The fourth-order valence-electron chi connectivity index (χ4n) is 3.38. The van der Waals surface area contributed by atoms with Crippen LogP contribution in [0.4, 0.5) is 5.69 Å². The minimum Gasteiger partial charge on any atom is -0.481 e. The molecule has 0 aromatic heterocycles. The van der Waals surface area contributed by atoms with Crippen molar-refractivity contribution >= 4 is 35.1 Å². The number of aliphatic carboxylic acids is 1. The third kappa shape index (κ3) is 3.38. The van der Waals surface area contributed by atoms with Gasteiger partial charge in [0.1, 0.15) is 0 Å². The van der Waals surface area contributed by atoms with Crippen LogP contribution in [0.1, 0.15) is 19.3 Å². The number of hydrogen-bond acceptors (Lipinski definition) is 3. The van der Waals surface area contributed by atoms with E-state index in [1.165, 1.54) is 0 Å². The molecule has 0 unspecified atom stereocenters. The molecule has 1 N–H and O–H groups in total. The van der Waals surface area contributed by atoms with Gasteiger partial charge in [-0.1, -0.05) is 11.6 Å². The molecule has 7 heteroatoms. The summed E-state index contributed by atoms with van der Waals surface area (Å²) >= 11 is 5.86. The lowest BCUT2D eigenvalue weighted by atomic mass is 9.96. The van der Waals surface area contributed by atoms with E-state index in [2.05, 4.69) is 0 Å². The van der Waals surface area contributed by atoms with Gasteiger partial charge in [-0.15, -0.1) is 0 Å². The lowest BCUT2D eigenvalue weighted by molar-refractivity contribution is -0.146. The third-order valence-corrected chi connectivity index (χ3v) is 4.95. The van der Waals surface area contributed by atoms with Crippen molar-refractivity contribution in [1.29, 1.82) is 0 Å². The highest BCUT2D eigenvalue weighted by molar-refractivity contribution is 6.30.